The fraction of sp³-hybridized carbons (Fsp3) is 0.562. The smallest absolute Gasteiger partial charge is 0.256 e. The van der Waals surface area contributed by atoms with Crippen molar-refractivity contribution in [2.45, 2.75) is 49.5 Å². The predicted octanol–water partition coefficient (Wildman–Crippen LogP) is 2.28. The van der Waals surface area contributed by atoms with E-state index < -0.39 is 21.4 Å². The summed E-state index contributed by atoms with van der Waals surface area (Å²) in [5, 5.41) is 0. The molecule has 1 amide bonds. The van der Waals surface area contributed by atoms with Gasteiger partial charge in [-0.2, -0.15) is 0 Å². The summed E-state index contributed by atoms with van der Waals surface area (Å²) in [5.41, 5.74) is -0.514. The maximum absolute atomic E-state index is 14.3. The summed E-state index contributed by atoms with van der Waals surface area (Å²) in [5.74, 6) is -1.16. The van der Waals surface area contributed by atoms with Crippen LogP contribution in [0.25, 0.3) is 0 Å². The molecule has 0 aromatic heterocycles. The quantitative estimate of drug-likeness (QED) is 0.914. The van der Waals surface area contributed by atoms with Gasteiger partial charge in [0.1, 0.15) is 5.82 Å². The first kappa shape index (κ1) is 16.4. The molecule has 1 N–H and O–H groups in total. The maximum atomic E-state index is 14.3. The number of halogens is 1. The van der Waals surface area contributed by atoms with E-state index in [4.69, 9.17) is 0 Å². The van der Waals surface area contributed by atoms with Crippen LogP contribution in [-0.4, -0.2) is 37.9 Å². The SMILES string of the molecule is CC1(NS(=O)(=O)c2ccc(C(=O)N3CCCC3)c(F)c2)CCC1. The summed E-state index contributed by atoms with van der Waals surface area (Å²) in [6.07, 6.45) is 4.38. The van der Waals surface area contributed by atoms with Gasteiger partial charge in [-0.15, -0.1) is 0 Å². The molecule has 3 rings (SSSR count). The van der Waals surface area contributed by atoms with E-state index in [1.807, 2.05) is 6.92 Å². The van der Waals surface area contributed by atoms with Crippen LogP contribution in [-0.2, 0) is 10.0 Å². The molecule has 1 saturated carbocycles. The van der Waals surface area contributed by atoms with Crippen molar-refractivity contribution in [1.29, 1.82) is 0 Å². The Hall–Kier alpha value is -1.47. The van der Waals surface area contributed by atoms with E-state index in [0.29, 0.717) is 13.1 Å². The minimum Gasteiger partial charge on any atom is -0.339 e. The first-order valence-corrected chi connectivity index (χ1v) is 9.42. The van der Waals surface area contributed by atoms with Crippen LogP contribution in [0.5, 0.6) is 0 Å². The summed E-state index contributed by atoms with van der Waals surface area (Å²) in [6, 6.07) is 3.51. The highest BCUT2D eigenvalue weighted by molar-refractivity contribution is 7.89. The van der Waals surface area contributed by atoms with Crippen molar-refractivity contribution < 1.29 is 17.6 Å². The normalized spacial score (nSPS) is 20.3. The standard InChI is InChI=1S/C16H21FN2O3S/c1-16(7-4-8-16)18-23(21,22)12-5-6-13(14(17)11-12)15(20)19-9-2-3-10-19/h5-6,11,18H,2-4,7-10H2,1H3. The first-order valence-electron chi connectivity index (χ1n) is 7.94. The molecular weight excluding hydrogens is 319 g/mol. The topological polar surface area (TPSA) is 66.5 Å². The minimum absolute atomic E-state index is 0.0688. The molecule has 0 spiro atoms. The van der Waals surface area contributed by atoms with E-state index in [9.17, 15) is 17.6 Å². The molecule has 0 unspecified atom stereocenters. The highest BCUT2D eigenvalue weighted by Crippen LogP contribution is 2.32. The number of sulfonamides is 1. The Morgan fingerprint density at radius 3 is 2.39 bits per heavy atom. The number of nitrogens with zero attached hydrogens (tertiary/aromatic N) is 1. The summed E-state index contributed by atoms with van der Waals surface area (Å²) in [4.78, 5) is 13.7. The Balaban J connectivity index is 1.82. The van der Waals surface area contributed by atoms with Gasteiger partial charge in [0.25, 0.3) is 5.91 Å². The van der Waals surface area contributed by atoms with E-state index in [1.165, 1.54) is 12.1 Å². The zero-order valence-corrected chi connectivity index (χ0v) is 14.0. The second-order valence-electron chi connectivity index (χ2n) is 6.66. The molecule has 1 aliphatic carbocycles. The Morgan fingerprint density at radius 2 is 1.87 bits per heavy atom. The number of nitrogens with one attached hydrogen (secondary N) is 1. The van der Waals surface area contributed by atoms with Crippen LogP contribution in [0.15, 0.2) is 23.1 Å². The summed E-state index contributed by atoms with van der Waals surface area (Å²) >= 11 is 0. The third-order valence-corrected chi connectivity index (χ3v) is 6.35. The number of carbonyl (C=O) groups excluding carboxylic acids is 1. The minimum atomic E-state index is -3.78. The van der Waals surface area contributed by atoms with Crippen LogP contribution >= 0.6 is 0 Å². The zero-order chi connectivity index (χ0) is 16.7. The van der Waals surface area contributed by atoms with Gasteiger partial charge in [0.2, 0.25) is 10.0 Å². The Bertz CT molecular complexity index is 723. The lowest BCUT2D eigenvalue weighted by atomic mass is 9.80. The maximum Gasteiger partial charge on any atom is 0.256 e. The second kappa shape index (κ2) is 5.87. The third-order valence-electron chi connectivity index (χ3n) is 4.71. The van der Waals surface area contributed by atoms with Gasteiger partial charge in [-0.25, -0.2) is 17.5 Å². The molecule has 2 fully saturated rings. The lowest BCUT2D eigenvalue weighted by Gasteiger charge is -2.38. The first-order chi connectivity index (χ1) is 10.8. The number of amides is 1. The van der Waals surface area contributed by atoms with Gasteiger partial charge in [0.15, 0.2) is 0 Å². The largest absolute Gasteiger partial charge is 0.339 e. The Kier molecular flexibility index (Phi) is 4.18. The van der Waals surface area contributed by atoms with Crippen molar-refractivity contribution in [3.8, 4) is 0 Å². The number of rotatable bonds is 4. The van der Waals surface area contributed by atoms with Crippen molar-refractivity contribution in [3.05, 3.63) is 29.6 Å². The van der Waals surface area contributed by atoms with E-state index in [2.05, 4.69) is 4.72 Å². The molecule has 1 aromatic carbocycles. The van der Waals surface area contributed by atoms with E-state index in [-0.39, 0.29) is 16.4 Å². The van der Waals surface area contributed by atoms with Gasteiger partial charge in [-0.05, 0) is 57.2 Å². The number of hydrogen-bond donors (Lipinski definition) is 1. The summed E-state index contributed by atoms with van der Waals surface area (Å²) in [7, 11) is -3.78. The molecule has 126 valence electrons. The number of likely N-dealkylation sites (tertiary alicyclic amines) is 1. The number of carbonyl (C=O) groups is 1. The molecule has 5 nitrogen and oxygen atoms in total. The van der Waals surface area contributed by atoms with Gasteiger partial charge in [0, 0.05) is 18.6 Å². The van der Waals surface area contributed by atoms with Crippen molar-refractivity contribution in [2.24, 2.45) is 0 Å². The van der Waals surface area contributed by atoms with Crippen LogP contribution in [0.2, 0.25) is 0 Å². The van der Waals surface area contributed by atoms with Gasteiger partial charge in [0.05, 0.1) is 10.5 Å². The van der Waals surface area contributed by atoms with Gasteiger partial charge < -0.3 is 4.90 Å². The van der Waals surface area contributed by atoms with Crippen LogP contribution in [0.3, 0.4) is 0 Å². The van der Waals surface area contributed by atoms with Crippen molar-refractivity contribution in [3.63, 3.8) is 0 Å². The van der Waals surface area contributed by atoms with Crippen molar-refractivity contribution in [1.82, 2.24) is 9.62 Å². The monoisotopic (exact) mass is 340 g/mol. The molecule has 2 aliphatic rings. The predicted molar refractivity (Wildman–Crippen MR) is 84.1 cm³/mol. The summed E-state index contributed by atoms with van der Waals surface area (Å²) < 4.78 is 41.6. The molecular formula is C16H21FN2O3S. The third kappa shape index (κ3) is 3.26. The molecule has 1 aromatic rings. The Morgan fingerprint density at radius 1 is 1.22 bits per heavy atom. The molecule has 1 heterocycles. The molecule has 7 heteroatoms. The van der Waals surface area contributed by atoms with E-state index in [0.717, 1.165) is 38.2 Å². The van der Waals surface area contributed by atoms with Gasteiger partial charge >= 0.3 is 0 Å². The highest BCUT2D eigenvalue weighted by Gasteiger charge is 2.36. The van der Waals surface area contributed by atoms with Crippen LogP contribution in [0.1, 0.15) is 49.4 Å². The van der Waals surface area contributed by atoms with E-state index >= 15 is 0 Å². The Labute approximate surface area is 135 Å². The number of hydrogen-bond acceptors (Lipinski definition) is 3. The molecule has 23 heavy (non-hydrogen) atoms. The fourth-order valence-corrected chi connectivity index (χ4v) is 4.60. The number of benzene rings is 1. The summed E-state index contributed by atoms with van der Waals surface area (Å²) in [6.45, 7) is 3.09. The second-order valence-corrected chi connectivity index (χ2v) is 8.34. The molecule has 1 aliphatic heterocycles. The molecule has 0 radical (unpaired) electrons. The molecule has 0 atom stereocenters. The van der Waals surface area contributed by atoms with Crippen LogP contribution < -0.4 is 4.72 Å². The van der Waals surface area contributed by atoms with Gasteiger partial charge in [-0.1, -0.05) is 0 Å². The molecule has 1 saturated heterocycles. The average molecular weight is 340 g/mol. The lowest BCUT2D eigenvalue weighted by molar-refractivity contribution is 0.0788. The van der Waals surface area contributed by atoms with E-state index in [1.54, 1.807) is 4.90 Å². The van der Waals surface area contributed by atoms with Crippen LogP contribution in [0, 0.1) is 5.82 Å². The van der Waals surface area contributed by atoms with Crippen molar-refractivity contribution >= 4 is 15.9 Å². The van der Waals surface area contributed by atoms with Gasteiger partial charge in [-0.3, -0.25) is 4.79 Å². The molecule has 0 bridgehead atoms. The lowest BCUT2D eigenvalue weighted by Crippen LogP contribution is -2.50. The highest BCUT2D eigenvalue weighted by atomic mass is 32.2. The zero-order valence-electron chi connectivity index (χ0n) is 13.1. The fourth-order valence-electron chi connectivity index (χ4n) is 3.12. The van der Waals surface area contributed by atoms with Crippen molar-refractivity contribution in [2.75, 3.05) is 13.1 Å². The average Bonchev–Trinajstić information content (AvgIpc) is 2.98. The van der Waals surface area contributed by atoms with Crippen LogP contribution in [0.4, 0.5) is 4.39 Å².